The van der Waals surface area contributed by atoms with E-state index in [0.717, 1.165) is 5.56 Å². The quantitative estimate of drug-likeness (QED) is 0.663. The van der Waals surface area contributed by atoms with E-state index in [2.05, 4.69) is 0 Å². The van der Waals surface area contributed by atoms with Gasteiger partial charge in [0.2, 0.25) is 0 Å². The second-order valence-corrected chi connectivity index (χ2v) is 5.63. The fraction of sp³-hybridized carbons (Fsp3) is 0.176. The van der Waals surface area contributed by atoms with Gasteiger partial charge in [-0.05, 0) is 48.2 Å². The van der Waals surface area contributed by atoms with E-state index in [9.17, 15) is 19.8 Å². The van der Waals surface area contributed by atoms with Crippen LogP contribution in [0.25, 0.3) is 0 Å². The molecule has 6 nitrogen and oxygen atoms in total. The minimum atomic E-state index is -1.45. The Kier molecular flexibility index (Phi) is 5.78. The maximum absolute atomic E-state index is 11.6. The minimum Gasteiger partial charge on any atom is -0.508 e. The molecule has 7 heteroatoms. The SMILES string of the molecule is O=C(O)NC(=O)c1ccc(CCC(O)c2cccc(O)c2)cc1Cl. The molecule has 4 N–H and O–H groups in total. The number of carboxylic acid groups (broad SMARTS) is 1. The molecule has 0 fully saturated rings. The molecule has 0 aliphatic carbocycles. The van der Waals surface area contributed by atoms with Gasteiger partial charge in [0.05, 0.1) is 16.7 Å². The van der Waals surface area contributed by atoms with Crippen LogP contribution in [0.3, 0.4) is 0 Å². The van der Waals surface area contributed by atoms with Crippen molar-refractivity contribution in [2.24, 2.45) is 0 Å². The Morgan fingerprint density at radius 1 is 1.17 bits per heavy atom. The predicted molar refractivity (Wildman–Crippen MR) is 88.3 cm³/mol. The second-order valence-electron chi connectivity index (χ2n) is 5.22. The van der Waals surface area contributed by atoms with Crippen molar-refractivity contribution in [1.82, 2.24) is 5.32 Å². The van der Waals surface area contributed by atoms with Crippen LogP contribution in [-0.2, 0) is 6.42 Å². The number of phenolic OH excluding ortho intramolecular Hbond substituents is 1. The van der Waals surface area contributed by atoms with Crippen molar-refractivity contribution in [3.05, 3.63) is 64.2 Å². The number of hydrogen-bond donors (Lipinski definition) is 4. The van der Waals surface area contributed by atoms with Gasteiger partial charge in [0, 0.05) is 0 Å². The molecule has 2 aromatic rings. The minimum absolute atomic E-state index is 0.0661. The predicted octanol–water partition coefficient (Wildman–Crippen LogP) is 3.12. The number of hydrogen-bond acceptors (Lipinski definition) is 4. The Morgan fingerprint density at radius 3 is 2.54 bits per heavy atom. The van der Waals surface area contributed by atoms with Crippen LogP contribution in [0.15, 0.2) is 42.5 Å². The molecule has 2 amide bonds. The van der Waals surface area contributed by atoms with E-state index in [1.54, 1.807) is 29.6 Å². The Bertz CT molecular complexity index is 762. The number of aromatic hydroxyl groups is 1. The molecule has 0 saturated heterocycles. The fourth-order valence-electron chi connectivity index (χ4n) is 2.26. The van der Waals surface area contributed by atoms with E-state index >= 15 is 0 Å². The highest BCUT2D eigenvalue weighted by Crippen LogP contribution is 2.24. The number of aliphatic hydroxyl groups is 1. The van der Waals surface area contributed by atoms with Gasteiger partial charge < -0.3 is 15.3 Å². The Balaban J connectivity index is 2.02. The van der Waals surface area contributed by atoms with Crippen LogP contribution in [0, 0.1) is 0 Å². The van der Waals surface area contributed by atoms with Crippen LogP contribution < -0.4 is 5.32 Å². The first-order valence-electron chi connectivity index (χ1n) is 7.16. The molecule has 126 valence electrons. The van der Waals surface area contributed by atoms with E-state index in [0.29, 0.717) is 18.4 Å². The first kappa shape index (κ1) is 17.8. The number of amides is 2. The summed E-state index contributed by atoms with van der Waals surface area (Å²) in [6, 6.07) is 11.0. The molecule has 24 heavy (non-hydrogen) atoms. The molecule has 1 atom stereocenters. The van der Waals surface area contributed by atoms with Crippen molar-refractivity contribution in [1.29, 1.82) is 0 Å². The molecule has 0 spiro atoms. The summed E-state index contributed by atoms with van der Waals surface area (Å²) in [5.41, 5.74) is 1.47. The Morgan fingerprint density at radius 2 is 1.92 bits per heavy atom. The molecular formula is C17H16ClNO5. The van der Waals surface area contributed by atoms with E-state index in [4.69, 9.17) is 16.7 Å². The summed E-state index contributed by atoms with van der Waals surface area (Å²) in [5, 5.41) is 30.0. The van der Waals surface area contributed by atoms with Crippen molar-refractivity contribution in [3.63, 3.8) is 0 Å². The molecule has 2 rings (SSSR count). The number of aliphatic hydroxyl groups excluding tert-OH is 1. The van der Waals surface area contributed by atoms with Crippen molar-refractivity contribution >= 4 is 23.6 Å². The highest BCUT2D eigenvalue weighted by atomic mass is 35.5. The molecule has 0 aliphatic heterocycles. The van der Waals surface area contributed by atoms with Gasteiger partial charge in [-0.2, -0.15) is 0 Å². The molecule has 0 aromatic heterocycles. The highest BCUT2D eigenvalue weighted by molar-refractivity contribution is 6.34. The maximum atomic E-state index is 11.6. The van der Waals surface area contributed by atoms with Crippen LogP contribution in [0.1, 0.15) is 34.0 Å². The van der Waals surface area contributed by atoms with Crippen LogP contribution in [0.4, 0.5) is 4.79 Å². The lowest BCUT2D eigenvalue weighted by molar-refractivity contribution is 0.0948. The van der Waals surface area contributed by atoms with Crippen molar-refractivity contribution in [3.8, 4) is 5.75 Å². The van der Waals surface area contributed by atoms with Gasteiger partial charge in [0.15, 0.2) is 0 Å². The average molecular weight is 350 g/mol. The van der Waals surface area contributed by atoms with Gasteiger partial charge in [-0.25, -0.2) is 4.79 Å². The maximum Gasteiger partial charge on any atom is 0.411 e. The first-order chi connectivity index (χ1) is 11.4. The number of carbonyl (C=O) groups is 2. The van der Waals surface area contributed by atoms with Crippen LogP contribution in [0.2, 0.25) is 5.02 Å². The lowest BCUT2D eigenvalue weighted by Crippen LogP contribution is -2.28. The number of halogens is 1. The van der Waals surface area contributed by atoms with E-state index < -0.39 is 18.1 Å². The Hall–Kier alpha value is -2.57. The smallest absolute Gasteiger partial charge is 0.411 e. The summed E-state index contributed by atoms with van der Waals surface area (Å²) in [6.45, 7) is 0. The molecular weight excluding hydrogens is 334 g/mol. The zero-order chi connectivity index (χ0) is 17.7. The van der Waals surface area contributed by atoms with Crippen LogP contribution in [0.5, 0.6) is 5.75 Å². The molecule has 2 aromatic carbocycles. The van der Waals surface area contributed by atoms with Crippen LogP contribution >= 0.6 is 11.6 Å². The number of nitrogens with one attached hydrogen (secondary N) is 1. The fourth-order valence-corrected chi connectivity index (χ4v) is 2.55. The normalized spacial score (nSPS) is 11.8. The lowest BCUT2D eigenvalue weighted by Gasteiger charge is -2.12. The zero-order valence-electron chi connectivity index (χ0n) is 12.6. The number of benzene rings is 2. The number of carbonyl (C=O) groups excluding carboxylic acids is 1. The molecule has 1 unspecified atom stereocenters. The van der Waals surface area contributed by atoms with Gasteiger partial charge in [-0.15, -0.1) is 0 Å². The standard InChI is InChI=1S/C17H16ClNO5/c18-14-8-10(4-6-13(14)16(22)19-17(23)24)5-7-15(21)11-2-1-3-12(20)9-11/h1-4,6,8-9,15,20-21H,5,7H2,(H,19,22)(H,23,24). The number of imide groups is 1. The van der Waals surface area contributed by atoms with E-state index in [1.165, 1.54) is 18.2 Å². The number of aryl methyl sites for hydroxylation is 1. The summed E-state index contributed by atoms with van der Waals surface area (Å²) >= 11 is 6.01. The van der Waals surface area contributed by atoms with Gasteiger partial charge in [-0.1, -0.05) is 29.8 Å². The lowest BCUT2D eigenvalue weighted by atomic mass is 10.0. The summed E-state index contributed by atoms with van der Waals surface area (Å²) in [4.78, 5) is 22.1. The second kappa shape index (κ2) is 7.81. The van der Waals surface area contributed by atoms with Gasteiger partial charge in [0.25, 0.3) is 5.91 Å². The number of phenols is 1. The van der Waals surface area contributed by atoms with Gasteiger partial charge >= 0.3 is 6.09 Å². The van der Waals surface area contributed by atoms with Crippen molar-refractivity contribution in [2.75, 3.05) is 0 Å². The van der Waals surface area contributed by atoms with Gasteiger partial charge in [0.1, 0.15) is 5.75 Å². The summed E-state index contributed by atoms with van der Waals surface area (Å²) in [5.74, 6) is -0.706. The molecule has 0 bridgehead atoms. The number of rotatable bonds is 5. The third-order valence-corrected chi connectivity index (χ3v) is 3.77. The molecule has 0 saturated carbocycles. The zero-order valence-corrected chi connectivity index (χ0v) is 13.3. The summed E-state index contributed by atoms with van der Waals surface area (Å²) in [6.07, 6.45) is -1.29. The monoisotopic (exact) mass is 349 g/mol. The third kappa shape index (κ3) is 4.71. The van der Waals surface area contributed by atoms with E-state index in [-0.39, 0.29) is 16.3 Å². The molecule has 0 radical (unpaired) electrons. The largest absolute Gasteiger partial charge is 0.508 e. The third-order valence-electron chi connectivity index (χ3n) is 3.46. The van der Waals surface area contributed by atoms with Crippen molar-refractivity contribution in [2.45, 2.75) is 18.9 Å². The summed E-state index contributed by atoms with van der Waals surface area (Å²) in [7, 11) is 0. The highest BCUT2D eigenvalue weighted by Gasteiger charge is 2.14. The molecule has 0 aliphatic rings. The van der Waals surface area contributed by atoms with Gasteiger partial charge in [-0.3, -0.25) is 10.1 Å². The van der Waals surface area contributed by atoms with E-state index in [1.807, 2.05) is 0 Å². The first-order valence-corrected chi connectivity index (χ1v) is 7.54. The Labute approximate surface area is 143 Å². The van der Waals surface area contributed by atoms with Crippen molar-refractivity contribution < 1.29 is 24.9 Å². The average Bonchev–Trinajstić information content (AvgIpc) is 2.51. The topological polar surface area (TPSA) is 107 Å². The van der Waals surface area contributed by atoms with Crippen LogP contribution in [-0.4, -0.2) is 27.3 Å². The summed E-state index contributed by atoms with van der Waals surface area (Å²) < 4.78 is 0. The molecule has 0 heterocycles.